The molecule has 0 aliphatic rings. The molecule has 0 amide bonds. The van der Waals surface area contributed by atoms with E-state index in [1.54, 1.807) is 0 Å². The van der Waals surface area contributed by atoms with Gasteiger partial charge in [0.15, 0.2) is 11.0 Å². The Bertz CT molecular complexity index is 1450. The Morgan fingerprint density at radius 2 is 1.71 bits per heavy atom. The van der Waals surface area contributed by atoms with Gasteiger partial charge in [-0.2, -0.15) is 4.98 Å². The molecule has 0 N–H and O–H groups in total. The molecule has 0 unspecified atom stereocenters. The fraction of sp³-hybridized carbons (Fsp3) is 0.185. The summed E-state index contributed by atoms with van der Waals surface area (Å²) in [6.07, 6.45) is 0. The molecule has 8 heteroatoms. The average molecular weight is 484 g/mol. The van der Waals surface area contributed by atoms with Crippen molar-refractivity contribution in [2.45, 2.75) is 31.7 Å². The van der Waals surface area contributed by atoms with Crippen LogP contribution >= 0.6 is 11.8 Å². The Morgan fingerprint density at radius 1 is 0.914 bits per heavy atom. The summed E-state index contributed by atoms with van der Waals surface area (Å²) in [7, 11) is 0. The van der Waals surface area contributed by atoms with Crippen molar-refractivity contribution in [3.05, 3.63) is 89.8 Å². The molecule has 0 aliphatic heterocycles. The van der Waals surface area contributed by atoms with Crippen molar-refractivity contribution in [3.63, 3.8) is 0 Å². The molecule has 35 heavy (non-hydrogen) atoms. The lowest BCUT2D eigenvalue weighted by Crippen LogP contribution is -2.01. The lowest BCUT2D eigenvalue weighted by Gasteiger charge is -2.12. The van der Waals surface area contributed by atoms with Crippen molar-refractivity contribution in [1.82, 2.24) is 24.9 Å². The van der Waals surface area contributed by atoms with Crippen LogP contribution < -0.4 is 4.74 Å². The van der Waals surface area contributed by atoms with Crippen molar-refractivity contribution in [2.75, 3.05) is 6.61 Å². The first-order valence-electron chi connectivity index (χ1n) is 11.4. The van der Waals surface area contributed by atoms with Gasteiger partial charge in [-0.3, -0.25) is 4.57 Å². The van der Waals surface area contributed by atoms with E-state index in [1.807, 2.05) is 61.5 Å². The van der Waals surface area contributed by atoms with Crippen LogP contribution in [-0.4, -0.2) is 31.5 Å². The Kier molecular flexibility index (Phi) is 6.63. The number of thioether (sulfide) groups is 1. The van der Waals surface area contributed by atoms with E-state index in [2.05, 4.69) is 57.0 Å². The largest absolute Gasteiger partial charge is 0.493 e. The van der Waals surface area contributed by atoms with Gasteiger partial charge in [0.25, 0.3) is 0 Å². The molecule has 2 heterocycles. The molecule has 0 fully saturated rings. The van der Waals surface area contributed by atoms with Gasteiger partial charge >= 0.3 is 0 Å². The molecular weight excluding hydrogens is 458 g/mol. The predicted molar refractivity (Wildman–Crippen MR) is 137 cm³/mol. The highest BCUT2D eigenvalue weighted by Gasteiger charge is 2.19. The van der Waals surface area contributed by atoms with Crippen molar-refractivity contribution in [1.29, 1.82) is 0 Å². The molecule has 176 valence electrons. The van der Waals surface area contributed by atoms with E-state index in [0.29, 0.717) is 24.1 Å². The van der Waals surface area contributed by atoms with E-state index in [1.165, 1.54) is 22.9 Å². The smallest absolute Gasteiger partial charge is 0.237 e. The topological polar surface area (TPSA) is 78.9 Å². The van der Waals surface area contributed by atoms with Crippen LogP contribution in [0.25, 0.3) is 28.5 Å². The quantitative estimate of drug-likeness (QED) is 0.240. The highest BCUT2D eigenvalue weighted by atomic mass is 32.2. The van der Waals surface area contributed by atoms with Crippen LogP contribution in [0.1, 0.15) is 23.9 Å². The molecule has 0 aliphatic carbocycles. The minimum Gasteiger partial charge on any atom is -0.493 e. The minimum atomic E-state index is 0.460. The van der Waals surface area contributed by atoms with Crippen molar-refractivity contribution in [3.8, 4) is 34.2 Å². The molecular formula is C27H25N5O2S. The number of benzene rings is 3. The van der Waals surface area contributed by atoms with Gasteiger partial charge in [-0.1, -0.05) is 65.4 Å². The van der Waals surface area contributed by atoms with Crippen molar-refractivity contribution >= 4 is 11.8 Å². The standard InChI is InChI=1S/C27H25N5O2S/c1-4-33-23-13-9-8-12-22(23)25-28-24(34-31-25)17-35-27-30-29-26(20-10-6-5-7-11-20)32(27)21-15-14-18(2)19(3)16-21/h5-16H,4,17H2,1-3H3. The van der Waals surface area contributed by atoms with Crippen LogP contribution in [0.2, 0.25) is 0 Å². The first kappa shape index (κ1) is 22.9. The Hall–Kier alpha value is -3.91. The van der Waals surface area contributed by atoms with Gasteiger partial charge in [0.05, 0.1) is 23.6 Å². The number of para-hydroxylation sites is 1. The first-order valence-corrected chi connectivity index (χ1v) is 12.4. The summed E-state index contributed by atoms with van der Waals surface area (Å²) >= 11 is 1.51. The third kappa shape index (κ3) is 4.83. The SMILES string of the molecule is CCOc1ccccc1-c1noc(CSc2nnc(-c3ccccc3)n2-c2ccc(C)c(C)c2)n1. The Labute approximate surface area is 208 Å². The highest BCUT2D eigenvalue weighted by Crippen LogP contribution is 2.32. The number of ether oxygens (including phenoxy) is 1. The van der Waals surface area contributed by atoms with Gasteiger partial charge in [-0.15, -0.1) is 10.2 Å². The third-order valence-corrected chi connectivity index (χ3v) is 6.55. The van der Waals surface area contributed by atoms with Gasteiger partial charge in [0.1, 0.15) is 5.75 Å². The summed E-state index contributed by atoms with van der Waals surface area (Å²) in [6.45, 7) is 6.73. The molecule has 0 bridgehead atoms. The van der Waals surface area contributed by atoms with Crippen LogP contribution in [0.15, 0.2) is 82.5 Å². The zero-order valence-electron chi connectivity index (χ0n) is 19.8. The van der Waals surface area contributed by atoms with Crippen LogP contribution in [0.4, 0.5) is 0 Å². The van der Waals surface area contributed by atoms with E-state index < -0.39 is 0 Å². The maximum absolute atomic E-state index is 5.71. The van der Waals surface area contributed by atoms with E-state index in [0.717, 1.165) is 33.5 Å². The van der Waals surface area contributed by atoms with Gasteiger partial charge in [0, 0.05) is 5.56 Å². The van der Waals surface area contributed by atoms with Crippen molar-refractivity contribution < 1.29 is 9.26 Å². The summed E-state index contributed by atoms with van der Waals surface area (Å²) in [5.74, 6) is 2.99. The highest BCUT2D eigenvalue weighted by molar-refractivity contribution is 7.98. The number of aryl methyl sites for hydroxylation is 2. The zero-order chi connectivity index (χ0) is 24.2. The van der Waals surface area contributed by atoms with Gasteiger partial charge in [-0.05, 0) is 56.2 Å². The normalized spacial score (nSPS) is 11.1. The summed E-state index contributed by atoms with van der Waals surface area (Å²) in [5, 5.41) is 14.0. The first-order chi connectivity index (χ1) is 17.1. The second-order valence-electron chi connectivity index (χ2n) is 8.01. The summed E-state index contributed by atoms with van der Waals surface area (Å²) < 4.78 is 13.3. The molecule has 5 aromatic rings. The minimum absolute atomic E-state index is 0.460. The average Bonchev–Trinajstić information content (AvgIpc) is 3.53. The van der Waals surface area contributed by atoms with E-state index in [4.69, 9.17) is 9.26 Å². The zero-order valence-corrected chi connectivity index (χ0v) is 20.6. The van der Waals surface area contributed by atoms with E-state index in [9.17, 15) is 0 Å². The summed E-state index contributed by atoms with van der Waals surface area (Å²) in [4.78, 5) is 4.60. The second kappa shape index (κ2) is 10.1. The summed E-state index contributed by atoms with van der Waals surface area (Å²) in [5.41, 5.74) is 5.26. The van der Waals surface area contributed by atoms with E-state index in [-0.39, 0.29) is 0 Å². The number of hydrogen-bond donors (Lipinski definition) is 0. The Balaban J connectivity index is 1.45. The maximum Gasteiger partial charge on any atom is 0.237 e. The third-order valence-electron chi connectivity index (χ3n) is 5.63. The molecule has 0 radical (unpaired) electrons. The predicted octanol–water partition coefficient (Wildman–Crippen LogP) is 6.29. The van der Waals surface area contributed by atoms with Gasteiger partial charge in [-0.25, -0.2) is 0 Å². The molecule has 0 saturated carbocycles. The Morgan fingerprint density at radius 3 is 2.51 bits per heavy atom. The maximum atomic E-state index is 5.71. The van der Waals surface area contributed by atoms with Gasteiger partial charge < -0.3 is 9.26 Å². The monoisotopic (exact) mass is 483 g/mol. The molecule has 0 saturated heterocycles. The number of hydrogen-bond acceptors (Lipinski definition) is 7. The molecule has 7 nitrogen and oxygen atoms in total. The number of aromatic nitrogens is 5. The number of nitrogens with zero attached hydrogens (tertiary/aromatic N) is 5. The number of rotatable bonds is 8. The summed E-state index contributed by atoms with van der Waals surface area (Å²) in [6, 6.07) is 24.1. The van der Waals surface area contributed by atoms with Crippen LogP contribution in [0, 0.1) is 13.8 Å². The van der Waals surface area contributed by atoms with Crippen LogP contribution in [0.3, 0.4) is 0 Å². The molecule has 3 aromatic carbocycles. The fourth-order valence-corrected chi connectivity index (χ4v) is 4.51. The molecule has 0 atom stereocenters. The lowest BCUT2D eigenvalue weighted by molar-refractivity contribution is 0.341. The van der Waals surface area contributed by atoms with Crippen LogP contribution in [0.5, 0.6) is 5.75 Å². The second-order valence-corrected chi connectivity index (χ2v) is 8.95. The van der Waals surface area contributed by atoms with Gasteiger partial charge in [0.2, 0.25) is 11.7 Å². The van der Waals surface area contributed by atoms with E-state index >= 15 is 0 Å². The molecule has 5 rings (SSSR count). The lowest BCUT2D eigenvalue weighted by atomic mass is 10.1. The molecule has 2 aromatic heterocycles. The van der Waals surface area contributed by atoms with Crippen molar-refractivity contribution in [2.24, 2.45) is 0 Å². The van der Waals surface area contributed by atoms with Crippen LogP contribution in [-0.2, 0) is 5.75 Å². The fourth-order valence-electron chi connectivity index (χ4n) is 3.72. The molecule has 0 spiro atoms.